The maximum absolute atomic E-state index is 13.9. The Morgan fingerprint density at radius 1 is 0.950 bits per heavy atom. The maximum Gasteiger partial charge on any atom is 0.194 e. The van der Waals surface area contributed by atoms with Crippen LogP contribution in [-0.2, 0) is 0 Å². The summed E-state index contributed by atoms with van der Waals surface area (Å²) in [5, 5.41) is 3.22. The number of unbranched alkanes of at least 4 members (excludes halogenated alkanes) is 3. The molecule has 0 saturated carbocycles. The van der Waals surface area contributed by atoms with E-state index in [1.165, 1.54) is 6.07 Å². The zero-order valence-electron chi connectivity index (χ0n) is 12.3. The molecule has 0 heterocycles. The summed E-state index contributed by atoms with van der Waals surface area (Å²) in [4.78, 5) is 0. The van der Waals surface area contributed by atoms with Gasteiger partial charge >= 0.3 is 0 Å². The number of hydrogen-bond acceptors (Lipinski definition) is 1. The third kappa shape index (κ3) is 4.82. The summed E-state index contributed by atoms with van der Waals surface area (Å²) >= 11 is 0. The van der Waals surface area contributed by atoms with Gasteiger partial charge in [0, 0.05) is 11.6 Å². The van der Waals surface area contributed by atoms with Gasteiger partial charge in [0.25, 0.3) is 0 Å². The molecule has 0 saturated heterocycles. The summed E-state index contributed by atoms with van der Waals surface area (Å²) in [5.74, 6) is -3.57. The van der Waals surface area contributed by atoms with Gasteiger partial charge in [0.2, 0.25) is 0 Å². The van der Waals surface area contributed by atoms with Gasteiger partial charge in [-0.2, -0.15) is 0 Å². The summed E-state index contributed by atoms with van der Waals surface area (Å²) in [6.45, 7) is 4.88. The van der Waals surface area contributed by atoms with Gasteiger partial charge in [0.05, 0.1) is 0 Å². The average molecular weight is 287 g/mol. The standard InChI is InChI=1S/C16H24F3N/c1-3-5-6-7-8-14(20-11-4-2)12-9-10-13(17)16(19)15(12)18/h9-10,14,20H,3-8,11H2,1-2H3. The first-order valence-corrected chi connectivity index (χ1v) is 7.48. The minimum Gasteiger partial charge on any atom is -0.310 e. The summed E-state index contributed by atoms with van der Waals surface area (Å²) in [5.41, 5.74) is 0.230. The third-order valence-corrected chi connectivity index (χ3v) is 3.43. The third-order valence-electron chi connectivity index (χ3n) is 3.43. The van der Waals surface area contributed by atoms with E-state index in [4.69, 9.17) is 0 Å². The van der Waals surface area contributed by atoms with Crippen molar-refractivity contribution in [2.24, 2.45) is 0 Å². The zero-order valence-corrected chi connectivity index (χ0v) is 12.3. The van der Waals surface area contributed by atoms with Crippen molar-refractivity contribution in [3.8, 4) is 0 Å². The molecule has 0 aromatic heterocycles. The smallest absolute Gasteiger partial charge is 0.194 e. The van der Waals surface area contributed by atoms with Crippen molar-refractivity contribution >= 4 is 0 Å². The molecular formula is C16H24F3N. The Bertz CT molecular complexity index is 407. The molecule has 1 unspecified atom stereocenters. The van der Waals surface area contributed by atoms with Crippen LogP contribution in [-0.4, -0.2) is 6.54 Å². The van der Waals surface area contributed by atoms with E-state index < -0.39 is 17.5 Å². The van der Waals surface area contributed by atoms with Crippen LogP contribution in [0.4, 0.5) is 13.2 Å². The van der Waals surface area contributed by atoms with E-state index in [-0.39, 0.29) is 11.6 Å². The summed E-state index contributed by atoms with van der Waals surface area (Å²) in [6.07, 6.45) is 5.95. The molecular weight excluding hydrogens is 263 g/mol. The van der Waals surface area contributed by atoms with Crippen molar-refractivity contribution in [2.75, 3.05) is 6.54 Å². The topological polar surface area (TPSA) is 12.0 Å². The van der Waals surface area contributed by atoms with E-state index in [1.54, 1.807) is 0 Å². The van der Waals surface area contributed by atoms with E-state index in [2.05, 4.69) is 12.2 Å². The highest BCUT2D eigenvalue weighted by Crippen LogP contribution is 2.25. The maximum atomic E-state index is 13.9. The molecule has 0 aliphatic carbocycles. The van der Waals surface area contributed by atoms with Gasteiger partial charge in [0.15, 0.2) is 17.5 Å². The molecule has 0 aliphatic rings. The molecule has 4 heteroatoms. The second-order valence-electron chi connectivity index (χ2n) is 5.12. The molecule has 0 amide bonds. The van der Waals surface area contributed by atoms with E-state index in [9.17, 15) is 13.2 Å². The highest BCUT2D eigenvalue weighted by Gasteiger charge is 2.20. The molecule has 0 bridgehead atoms. The predicted octanol–water partition coefficient (Wildman–Crippen LogP) is 5.12. The van der Waals surface area contributed by atoms with Crippen LogP contribution in [0.3, 0.4) is 0 Å². The molecule has 1 aromatic carbocycles. The number of benzene rings is 1. The number of hydrogen-bond donors (Lipinski definition) is 1. The summed E-state index contributed by atoms with van der Waals surface area (Å²) in [7, 11) is 0. The van der Waals surface area contributed by atoms with Gasteiger partial charge in [-0.15, -0.1) is 0 Å². The van der Waals surface area contributed by atoms with Crippen molar-refractivity contribution in [2.45, 2.75) is 58.4 Å². The van der Waals surface area contributed by atoms with Gasteiger partial charge in [-0.1, -0.05) is 45.6 Å². The van der Waals surface area contributed by atoms with E-state index in [0.29, 0.717) is 0 Å². The molecule has 1 N–H and O–H groups in total. The molecule has 1 atom stereocenters. The molecule has 1 rings (SSSR count). The summed E-state index contributed by atoms with van der Waals surface area (Å²) in [6, 6.07) is 2.10. The molecule has 114 valence electrons. The van der Waals surface area contributed by atoms with Crippen LogP contribution in [0, 0.1) is 17.5 Å². The number of nitrogens with one attached hydrogen (secondary N) is 1. The Hall–Kier alpha value is -1.03. The zero-order chi connectivity index (χ0) is 15.0. The SMILES string of the molecule is CCCCCCC(NCCC)c1ccc(F)c(F)c1F. The lowest BCUT2D eigenvalue weighted by Gasteiger charge is -2.20. The Balaban J connectivity index is 2.78. The van der Waals surface area contributed by atoms with E-state index in [1.807, 2.05) is 6.92 Å². The van der Waals surface area contributed by atoms with Crippen molar-refractivity contribution in [1.82, 2.24) is 5.32 Å². The molecule has 0 spiro atoms. The second-order valence-corrected chi connectivity index (χ2v) is 5.12. The highest BCUT2D eigenvalue weighted by atomic mass is 19.2. The Labute approximate surface area is 119 Å². The van der Waals surface area contributed by atoms with Crippen LogP contribution in [0.1, 0.15) is 64.0 Å². The van der Waals surface area contributed by atoms with Crippen LogP contribution in [0.2, 0.25) is 0 Å². The minimum atomic E-state index is -1.38. The lowest BCUT2D eigenvalue weighted by molar-refractivity contribution is 0.410. The molecule has 0 aliphatic heterocycles. The monoisotopic (exact) mass is 287 g/mol. The summed E-state index contributed by atoms with van der Waals surface area (Å²) < 4.78 is 40.2. The molecule has 0 fully saturated rings. The molecule has 20 heavy (non-hydrogen) atoms. The van der Waals surface area contributed by atoms with Crippen molar-refractivity contribution in [1.29, 1.82) is 0 Å². The second kappa shape index (κ2) is 9.01. The molecule has 0 radical (unpaired) electrons. The average Bonchev–Trinajstić information content (AvgIpc) is 2.45. The molecule has 1 nitrogen and oxygen atoms in total. The fraction of sp³-hybridized carbons (Fsp3) is 0.625. The predicted molar refractivity (Wildman–Crippen MR) is 76.1 cm³/mol. The first-order valence-electron chi connectivity index (χ1n) is 7.48. The van der Waals surface area contributed by atoms with Crippen LogP contribution >= 0.6 is 0 Å². The Morgan fingerprint density at radius 2 is 1.70 bits per heavy atom. The van der Waals surface area contributed by atoms with Gasteiger partial charge < -0.3 is 5.32 Å². The number of rotatable bonds is 9. The van der Waals surface area contributed by atoms with Crippen LogP contribution in [0.5, 0.6) is 0 Å². The van der Waals surface area contributed by atoms with Crippen LogP contribution < -0.4 is 5.32 Å². The quantitative estimate of drug-likeness (QED) is 0.491. The van der Waals surface area contributed by atoms with E-state index in [0.717, 1.165) is 51.1 Å². The van der Waals surface area contributed by atoms with Crippen molar-refractivity contribution in [3.05, 3.63) is 35.1 Å². The molecule has 1 aromatic rings. The first kappa shape index (κ1) is 17.0. The van der Waals surface area contributed by atoms with Crippen molar-refractivity contribution < 1.29 is 13.2 Å². The minimum absolute atomic E-state index is 0.230. The normalized spacial score (nSPS) is 12.7. The van der Waals surface area contributed by atoms with Gasteiger partial charge in [0.1, 0.15) is 0 Å². The number of halogens is 3. The van der Waals surface area contributed by atoms with Crippen LogP contribution in [0.25, 0.3) is 0 Å². The lowest BCUT2D eigenvalue weighted by atomic mass is 9.99. The van der Waals surface area contributed by atoms with E-state index >= 15 is 0 Å². The Kier molecular flexibility index (Phi) is 7.67. The van der Waals surface area contributed by atoms with Gasteiger partial charge in [-0.05, 0) is 25.5 Å². The van der Waals surface area contributed by atoms with Gasteiger partial charge in [-0.25, -0.2) is 13.2 Å². The Morgan fingerprint density at radius 3 is 2.35 bits per heavy atom. The largest absolute Gasteiger partial charge is 0.310 e. The highest BCUT2D eigenvalue weighted by molar-refractivity contribution is 5.23. The van der Waals surface area contributed by atoms with Crippen molar-refractivity contribution in [3.63, 3.8) is 0 Å². The van der Waals surface area contributed by atoms with Gasteiger partial charge in [-0.3, -0.25) is 0 Å². The first-order chi connectivity index (χ1) is 9.61. The fourth-order valence-electron chi connectivity index (χ4n) is 2.27. The lowest BCUT2D eigenvalue weighted by Crippen LogP contribution is -2.23. The van der Waals surface area contributed by atoms with Crippen LogP contribution in [0.15, 0.2) is 12.1 Å². The fourth-order valence-corrected chi connectivity index (χ4v) is 2.27.